The van der Waals surface area contributed by atoms with Gasteiger partial charge >= 0.3 is 65.5 Å². The summed E-state index contributed by atoms with van der Waals surface area (Å²) in [7, 11) is 0. The third-order valence-electron chi connectivity index (χ3n) is 0.788. The van der Waals surface area contributed by atoms with Crippen LogP contribution in [0.4, 0.5) is 0 Å². The number of aliphatic hydroxyl groups is 1. The van der Waals surface area contributed by atoms with Crippen molar-refractivity contribution in [3.05, 3.63) is 0 Å². The van der Waals surface area contributed by atoms with Crippen LogP contribution in [0.15, 0.2) is 0 Å². The van der Waals surface area contributed by atoms with Crippen LogP contribution >= 0.6 is 0 Å². The maximum absolute atomic E-state index is 9.94. The number of hydrogen-bond donors (Lipinski definition) is 2. The number of carboxylic acids is 1. The molecule has 0 rings (SSSR count). The summed E-state index contributed by atoms with van der Waals surface area (Å²) in [5.74, 6) is -0.681. The first kappa shape index (κ1) is 9.31. The Morgan fingerprint density at radius 2 is 2.22 bits per heavy atom. The van der Waals surface area contributed by atoms with Gasteiger partial charge in [-0.05, 0) is 0 Å². The Morgan fingerprint density at radius 1 is 1.56 bits per heavy atom. The average molecular weight is 209 g/mol. The first-order chi connectivity index (χ1) is 4.27. The van der Waals surface area contributed by atoms with Crippen LogP contribution in [-0.4, -0.2) is 22.8 Å². The van der Waals surface area contributed by atoms with E-state index in [9.17, 15) is 4.79 Å². The van der Waals surface area contributed by atoms with Gasteiger partial charge in [0.15, 0.2) is 0 Å². The summed E-state index contributed by atoms with van der Waals surface area (Å²) in [4.78, 5) is 9.94. The summed E-state index contributed by atoms with van der Waals surface area (Å²) < 4.78 is 1.37. The quantitative estimate of drug-likeness (QED) is 0.643. The molecule has 0 amide bonds. The summed E-state index contributed by atoms with van der Waals surface area (Å²) in [6, 6.07) is 0. The van der Waals surface area contributed by atoms with Crippen molar-refractivity contribution >= 4 is 5.97 Å². The van der Waals surface area contributed by atoms with E-state index in [1.165, 1.54) is 0 Å². The molecule has 0 aromatic carbocycles. The fourth-order valence-electron chi connectivity index (χ4n) is 0.399. The predicted octanol–water partition coefficient (Wildman–Crippen LogP) is 0.373. The molecule has 0 aliphatic rings. The fraction of sp³-hybridized carbons (Fsp3) is 0.800. The number of aliphatic hydroxyl groups excluding tert-OH is 1. The molecule has 2 N–H and O–H groups in total. The number of rotatable bonds is 5. The molecule has 0 aliphatic heterocycles. The van der Waals surface area contributed by atoms with Crippen LogP contribution in [0.3, 0.4) is 0 Å². The van der Waals surface area contributed by atoms with Gasteiger partial charge in [0, 0.05) is 0 Å². The van der Waals surface area contributed by atoms with Crippen molar-refractivity contribution in [2.24, 2.45) is 0 Å². The molecule has 0 aromatic rings. The zero-order valence-electron chi connectivity index (χ0n) is 5.13. The van der Waals surface area contributed by atoms with Crippen molar-refractivity contribution in [3.63, 3.8) is 0 Å². The van der Waals surface area contributed by atoms with Crippen LogP contribution in [0.1, 0.15) is 6.42 Å². The molecule has 9 heavy (non-hydrogen) atoms. The van der Waals surface area contributed by atoms with Gasteiger partial charge in [-0.1, -0.05) is 0 Å². The van der Waals surface area contributed by atoms with Crippen molar-refractivity contribution in [2.75, 3.05) is 6.61 Å². The van der Waals surface area contributed by atoms with E-state index in [1.54, 1.807) is 0 Å². The summed E-state index contributed by atoms with van der Waals surface area (Å²) in [6.07, 6.45) is 0.791. The van der Waals surface area contributed by atoms with Crippen molar-refractivity contribution < 1.29 is 38.2 Å². The molecule has 0 heterocycles. The van der Waals surface area contributed by atoms with Crippen molar-refractivity contribution in [1.29, 1.82) is 0 Å². The average Bonchev–Trinajstić information content (AvgIpc) is 1.80. The number of carbonyl (C=O) groups is 1. The molecule has 0 fully saturated rings. The molecule has 4 heteroatoms. The zero-order valence-corrected chi connectivity index (χ0v) is 7.59. The number of aliphatic carboxylic acids is 1. The Labute approximate surface area is 65.6 Å². The Kier molecular flexibility index (Phi) is 6.66. The number of carboxylic acid groups (broad SMARTS) is 1. The van der Waals surface area contributed by atoms with E-state index in [1.807, 2.05) is 0 Å². The summed E-state index contributed by atoms with van der Waals surface area (Å²) in [5.41, 5.74) is 0. The van der Waals surface area contributed by atoms with Gasteiger partial charge in [-0.2, -0.15) is 0 Å². The predicted molar refractivity (Wildman–Crippen MR) is 29.0 cm³/mol. The fourth-order valence-corrected chi connectivity index (χ4v) is 2.36. The topological polar surface area (TPSA) is 57.5 Å². The van der Waals surface area contributed by atoms with Crippen LogP contribution in [0.25, 0.3) is 0 Å². The normalized spacial score (nSPS) is 9.00. The standard InChI is InChI=1S/C3H7O.C2H3O2.Zr/c1-2-3-4;1-2(3)4;/h4H,1-3H2;1H2,(H,3,4);. The van der Waals surface area contributed by atoms with Gasteiger partial charge in [0.25, 0.3) is 0 Å². The van der Waals surface area contributed by atoms with Crippen LogP contribution < -0.4 is 0 Å². The molecule has 0 spiro atoms. The van der Waals surface area contributed by atoms with E-state index in [0.717, 1.165) is 10.5 Å². The van der Waals surface area contributed by atoms with E-state index in [4.69, 9.17) is 10.2 Å². The molecule has 0 aromatic heterocycles. The Morgan fingerprint density at radius 3 is 2.67 bits per heavy atom. The second kappa shape index (κ2) is 6.43. The Bertz CT molecular complexity index is 84.3. The van der Waals surface area contributed by atoms with E-state index in [2.05, 4.69) is 0 Å². The first-order valence-corrected chi connectivity index (χ1v) is 6.28. The second-order valence-corrected chi connectivity index (χ2v) is 4.97. The third-order valence-corrected chi connectivity index (χ3v) is 3.88. The SMILES string of the molecule is O=C(O)[CH2][Zr][CH2]CCO. The minimum absolute atomic E-state index is 0.209. The molecule has 0 radical (unpaired) electrons. The number of hydrogen-bond acceptors (Lipinski definition) is 2. The van der Waals surface area contributed by atoms with Crippen LogP contribution in [0.2, 0.25) is 8.26 Å². The van der Waals surface area contributed by atoms with Gasteiger partial charge in [0.1, 0.15) is 0 Å². The molecular weight excluding hydrogens is 199 g/mol. The van der Waals surface area contributed by atoms with Gasteiger partial charge in [-0.25, -0.2) is 0 Å². The van der Waals surface area contributed by atoms with Crippen LogP contribution in [0, 0.1) is 0 Å². The van der Waals surface area contributed by atoms with Crippen molar-refractivity contribution in [1.82, 2.24) is 0 Å². The molecule has 0 unspecified atom stereocenters. The molecule has 0 atom stereocenters. The summed E-state index contributed by atoms with van der Waals surface area (Å²) >= 11 is -0.649. The van der Waals surface area contributed by atoms with E-state index in [0.29, 0.717) is 4.13 Å². The monoisotopic (exact) mass is 208 g/mol. The van der Waals surface area contributed by atoms with Gasteiger partial charge in [-0.3, -0.25) is 0 Å². The molecule has 0 saturated heterocycles. The van der Waals surface area contributed by atoms with Crippen LogP contribution in [-0.2, 0) is 28.0 Å². The van der Waals surface area contributed by atoms with E-state index < -0.39 is 29.2 Å². The van der Waals surface area contributed by atoms with Gasteiger partial charge < -0.3 is 0 Å². The minimum atomic E-state index is -0.681. The van der Waals surface area contributed by atoms with Gasteiger partial charge in [0.2, 0.25) is 0 Å². The van der Waals surface area contributed by atoms with Gasteiger partial charge in [0.05, 0.1) is 0 Å². The van der Waals surface area contributed by atoms with E-state index in [-0.39, 0.29) is 6.61 Å². The first-order valence-electron chi connectivity index (χ1n) is 2.80. The molecular formula is C5H10O3Zr. The Balaban J connectivity index is 2.83. The van der Waals surface area contributed by atoms with Gasteiger partial charge in [-0.15, -0.1) is 0 Å². The third kappa shape index (κ3) is 8.31. The molecule has 0 saturated carbocycles. The molecule has 3 nitrogen and oxygen atoms in total. The summed E-state index contributed by atoms with van der Waals surface area (Å²) in [6.45, 7) is 0.209. The molecule has 52 valence electrons. The molecule has 0 aliphatic carbocycles. The Hall–Kier alpha value is 0.313. The zero-order chi connectivity index (χ0) is 7.11. The van der Waals surface area contributed by atoms with Crippen molar-refractivity contribution in [2.45, 2.75) is 14.7 Å². The summed E-state index contributed by atoms with van der Waals surface area (Å²) in [5, 5.41) is 16.5. The van der Waals surface area contributed by atoms with E-state index >= 15 is 0 Å². The molecule has 0 bridgehead atoms. The second-order valence-electron chi connectivity index (χ2n) is 1.65. The van der Waals surface area contributed by atoms with Crippen molar-refractivity contribution in [3.8, 4) is 0 Å². The maximum atomic E-state index is 9.94. The van der Waals surface area contributed by atoms with Crippen LogP contribution in [0.5, 0.6) is 0 Å².